The fourth-order valence-corrected chi connectivity index (χ4v) is 1.11. The predicted molar refractivity (Wildman–Crippen MR) is 52.5 cm³/mol. The molecular weight excluding hydrogens is 202 g/mol. The number of hydrogen-bond acceptors (Lipinski definition) is 2. The van der Waals surface area contributed by atoms with E-state index in [1.165, 1.54) is 12.1 Å². The highest BCUT2D eigenvalue weighted by Gasteiger charge is 2.04. The molecule has 0 aliphatic rings. The molecule has 82 valence electrons. The van der Waals surface area contributed by atoms with Crippen molar-refractivity contribution in [3.8, 4) is 5.75 Å². The minimum absolute atomic E-state index is 0.212. The van der Waals surface area contributed by atoms with Crippen LogP contribution in [0.5, 0.6) is 5.75 Å². The average molecular weight is 214 g/mol. The molecule has 1 aromatic carbocycles. The molecule has 1 rings (SSSR count). The summed E-state index contributed by atoms with van der Waals surface area (Å²) in [6, 6.07) is 3.70. The van der Waals surface area contributed by atoms with E-state index in [4.69, 9.17) is 4.74 Å². The molecule has 0 heterocycles. The van der Waals surface area contributed by atoms with Crippen molar-refractivity contribution in [2.24, 2.45) is 0 Å². The summed E-state index contributed by atoms with van der Waals surface area (Å²) in [5, 5.41) is 0. The number of alkyl halides is 1. The summed E-state index contributed by atoms with van der Waals surface area (Å²) in [4.78, 5) is 10.6. The standard InChI is InChI=1S/C11H12F2O2/c12-5-1-2-6-15-11-7-10(13)4-3-9(11)8-14/h3-4,7-8H,1-2,5-6H2. The van der Waals surface area contributed by atoms with Crippen molar-refractivity contribution in [2.75, 3.05) is 13.3 Å². The Morgan fingerprint density at radius 1 is 1.33 bits per heavy atom. The van der Waals surface area contributed by atoms with Crippen LogP contribution in [-0.4, -0.2) is 19.6 Å². The first kappa shape index (κ1) is 11.6. The van der Waals surface area contributed by atoms with E-state index in [0.717, 1.165) is 6.07 Å². The van der Waals surface area contributed by atoms with E-state index in [0.29, 0.717) is 24.7 Å². The number of hydrogen-bond donors (Lipinski definition) is 0. The van der Waals surface area contributed by atoms with E-state index in [2.05, 4.69) is 0 Å². The molecule has 15 heavy (non-hydrogen) atoms. The highest BCUT2D eigenvalue weighted by Crippen LogP contribution is 2.18. The largest absolute Gasteiger partial charge is 0.493 e. The van der Waals surface area contributed by atoms with Gasteiger partial charge in [-0.05, 0) is 25.0 Å². The number of carbonyl (C=O) groups excluding carboxylic acids is 1. The van der Waals surface area contributed by atoms with E-state index < -0.39 is 12.5 Å². The molecular formula is C11H12F2O2. The summed E-state index contributed by atoms with van der Waals surface area (Å²) in [6.07, 6.45) is 1.56. The van der Waals surface area contributed by atoms with Crippen LogP contribution in [0.15, 0.2) is 18.2 Å². The van der Waals surface area contributed by atoms with Gasteiger partial charge >= 0.3 is 0 Å². The van der Waals surface area contributed by atoms with Gasteiger partial charge in [0.15, 0.2) is 6.29 Å². The van der Waals surface area contributed by atoms with Crippen LogP contribution in [0.2, 0.25) is 0 Å². The molecule has 0 saturated carbocycles. The molecule has 1 aromatic rings. The van der Waals surface area contributed by atoms with Crippen LogP contribution in [0.25, 0.3) is 0 Å². The zero-order chi connectivity index (χ0) is 11.1. The summed E-state index contributed by atoms with van der Waals surface area (Å²) in [5.41, 5.74) is 0.302. The molecule has 0 bridgehead atoms. The van der Waals surface area contributed by atoms with Gasteiger partial charge in [-0.2, -0.15) is 0 Å². The van der Waals surface area contributed by atoms with Gasteiger partial charge in [-0.15, -0.1) is 0 Å². The van der Waals surface area contributed by atoms with Crippen LogP contribution in [0.1, 0.15) is 23.2 Å². The maximum absolute atomic E-state index is 12.8. The normalized spacial score (nSPS) is 10.0. The SMILES string of the molecule is O=Cc1ccc(F)cc1OCCCCF. The van der Waals surface area contributed by atoms with Gasteiger partial charge in [-0.1, -0.05) is 0 Å². The van der Waals surface area contributed by atoms with Crippen molar-refractivity contribution in [3.05, 3.63) is 29.6 Å². The monoisotopic (exact) mass is 214 g/mol. The van der Waals surface area contributed by atoms with Gasteiger partial charge in [0, 0.05) is 6.07 Å². The number of rotatable bonds is 6. The zero-order valence-electron chi connectivity index (χ0n) is 8.21. The van der Waals surface area contributed by atoms with E-state index in [1.54, 1.807) is 0 Å². The Labute approximate surface area is 86.9 Å². The van der Waals surface area contributed by atoms with Gasteiger partial charge in [0.1, 0.15) is 11.6 Å². The molecule has 0 N–H and O–H groups in total. The highest BCUT2D eigenvalue weighted by molar-refractivity contribution is 5.79. The fraction of sp³-hybridized carbons (Fsp3) is 0.364. The lowest BCUT2D eigenvalue weighted by Crippen LogP contribution is -2.00. The van der Waals surface area contributed by atoms with Crippen LogP contribution in [-0.2, 0) is 0 Å². The minimum atomic E-state index is -0.457. The molecule has 0 atom stereocenters. The second kappa shape index (κ2) is 6.11. The van der Waals surface area contributed by atoms with Crippen LogP contribution in [0.3, 0.4) is 0 Å². The number of ether oxygens (including phenoxy) is 1. The van der Waals surface area contributed by atoms with Crippen LogP contribution in [0, 0.1) is 5.82 Å². The lowest BCUT2D eigenvalue weighted by molar-refractivity contribution is 0.111. The maximum atomic E-state index is 12.8. The minimum Gasteiger partial charge on any atom is -0.493 e. The fourth-order valence-electron chi connectivity index (χ4n) is 1.11. The third-order valence-corrected chi connectivity index (χ3v) is 1.89. The predicted octanol–water partition coefficient (Wildman–Crippen LogP) is 2.77. The topological polar surface area (TPSA) is 26.3 Å². The molecule has 0 saturated heterocycles. The van der Waals surface area contributed by atoms with Crippen molar-refractivity contribution in [2.45, 2.75) is 12.8 Å². The molecule has 0 aliphatic heterocycles. The first-order chi connectivity index (χ1) is 7.27. The Bertz CT molecular complexity index is 326. The summed E-state index contributed by atoms with van der Waals surface area (Å²) >= 11 is 0. The van der Waals surface area contributed by atoms with Crippen molar-refractivity contribution < 1.29 is 18.3 Å². The van der Waals surface area contributed by atoms with Gasteiger partial charge in [-0.3, -0.25) is 9.18 Å². The Balaban J connectivity index is 2.58. The quantitative estimate of drug-likeness (QED) is 0.537. The molecule has 0 unspecified atom stereocenters. The summed E-state index contributed by atoms with van der Waals surface area (Å²) in [7, 11) is 0. The smallest absolute Gasteiger partial charge is 0.153 e. The molecule has 0 fully saturated rings. The first-order valence-corrected chi connectivity index (χ1v) is 4.71. The lowest BCUT2D eigenvalue weighted by atomic mass is 10.2. The Morgan fingerprint density at radius 2 is 2.13 bits per heavy atom. The molecule has 4 heteroatoms. The number of carbonyl (C=O) groups is 1. The van der Waals surface area contributed by atoms with E-state index >= 15 is 0 Å². The molecule has 2 nitrogen and oxygen atoms in total. The van der Waals surface area contributed by atoms with Crippen LogP contribution >= 0.6 is 0 Å². The van der Waals surface area contributed by atoms with Crippen molar-refractivity contribution in [1.29, 1.82) is 0 Å². The van der Waals surface area contributed by atoms with Crippen molar-refractivity contribution in [3.63, 3.8) is 0 Å². The first-order valence-electron chi connectivity index (χ1n) is 4.71. The second-order valence-electron chi connectivity index (χ2n) is 3.04. The molecule has 0 radical (unpaired) electrons. The van der Waals surface area contributed by atoms with Crippen LogP contribution < -0.4 is 4.74 Å². The lowest BCUT2D eigenvalue weighted by Gasteiger charge is -2.07. The number of benzene rings is 1. The number of halogens is 2. The van der Waals surface area contributed by atoms with E-state index in [-0.39, 0.29) is 12.4 Å². The highest BCUT2D eigenvalue weighted by atomic mass is 19.1. The number of aldehydes is 1. The molecule has 0 aliphatic carbocycles. The number of unbranched alkanes of at least 4 members (excludes halogenated alkanes) is 1. The van der Waals surface area contributed by atoms with Gasteiger partial charge in [0.25, 0.3) is 0 Å². The van der Waals surface area contributed by atoms with Crippen molar-refractivity contribution in [1.82, 2.24) is 0 Å². The maximum Gasteiger partial charge on any atom is 0.153 e. The summed E-state index contributed by atoms with van der Waals surface area (Å²) in [6.45, 7) is -0.110. The second-order valence-corrected chi connectivity index (χ2v) is 3.04. The third kappa shape index (κ3) is 3.65. The average Bonchev–Trinajstić information content (AvgIpc) is 2.25. The zero-order valence-corrected chi connectivity index (χ0v) is 8.21. The van der Waals surface area contributed by atoms with Crippen molar-refractivity contribution >= 4 is 6.29 Å². The van der Waals surface area contributed by atoms with Gasteiger partial charge in [-0.25, -0.2) is 4.39 Å². The van der Waals surface area contributed by atoms with Gasteiger partial charge in [0.2, 0.25) is 0 Å². The molecule has 0 aromatic heterocycles. The third-order valence-electron chi connectivity index (χ3n) is 1.89. The summed E-state index contributed by atoms with van der Waals surface area (Å²) in [5.74, 6) is -0.245. The van der Waals surface area contributed by atoms with Gasteiger partial charge in [0.05, 0.1) is 18.8 Å². The Hall–Kier alpha value is -1.45. The van der Waals surface area contributed by atoms with Crippen LogP contribution in [0.4, 0.5) is 8.78 Å². The molecule has 0 amide bonds. The Kier molecular flexibility index (Phi) is 4.74. The van der Waals surface area contributed by atoms with E-state index in [1.807, 2.05) is 0 Å². The van der Waals surface area contributed by atoms with E-state index in [9.17, 15) is 13.6 Å². The molecule has 0 spiro atoms. The Morgan fingerprint density at radius 3 is 2.80 bits per heavy atom. The van der Waals surface area contributed by atoms with Gasteiger partial charge < -0.3 is 4.74 Å². The summed E-state index contributed by atoms with van der Waals surface area (Å²) < 4.78 is 29.7.